The molecule has 0 aromatic heterocycles. The summed E-state index contributed by atoms with van der Waals surface area (Å²) in [5.74, 6) is -0.00108. The topological polar surface area (TPSA) is 68.2 Å². The zero-order valence-electron chi connectivity index (χ0n) is 11.0. The van der Waals surface area contributed by atoms with Gasteiger partial charge in [-0.05, 0) is 0 Å². The molecule has 1 aliphatic carbocycles. The molecule has 0 spiro atoms. The SMILES string of the molecule is OC1OC2C[C@@H]3OC(c4ccccc4)OC[C@H]3C2C1O. The zero-order chi connectivity index (χ0) is 13.7. The number of ether oxygens (including phenoxy) is 3. The highest BCUT2D eigenvalue weighted by atomic mass is 16.7. The standard InChI is InChI=1S/C15H18O5/c16-13-12-9-7-18-15(8-4-2-1-3-5-8)20-10(9)6-11(12)19-14(13)17/h1-5,9-17H,6-7H2/t9-,10+,11?,12?,13?,14?,15?/m1/s1. The minimum atomic E-state index is -1.07. The third kappa shape index (κ3) is 1.89. The van der Waals surface area contributed by atoms with Crippen molar-refractivity contribution in [1.29, 1.82) is 0 Å². The first kappa shape index (κ1) is 12.7. The van der Waals surface area contributed by atoms with Gasteiger partial charge < -0.3 is 24.4 Å². The monoisotopic (exact) mass is 278 g/mol. The summed E-state index contributed by atoms with van der Waals surface area (Å²) in [6, 6.07) is 9.84. The average molecular weight is 278 g/mol. The highest BCUT2D eigenvalue weighted by Gasteiger charge is 2.56. The van der Waals surface area contributed by atoms with E-state index in [9.17, 15) is 10.2 Å². The minimum Gasteiger partial charge on any atom is -0.387 e. The predicted molar refractivity (Wildman–Crippen MR) is 68.5 cm³/mol. The lowest BCUT2D eigenvalue weighted by molar-refractivity contribution is -0.245. The summed E-state index contributed by atoms with van der Waals surface area (Å²) in [6.07, 6.45) is -1.67. The third-order valence-corrected chi connectivity index (χ3v) is 4.68. The van der Waals surface area contributed by atoms with Crippen LogP contribution < -0.4 is 0 Å². The molecule has 1 saturated carbocycles. The van der Waals surface area contributed by atoms with Gasteiger partial charge in [-0.1, -0.05) is 30.3 Å². The van der Waals surface area contributed by atoms with Crippen molar-refractivity contribution in [3.63, 3.8) is 0 Å². The van der Waals surface area contributed by atoms with Gasteiger partial charge in [0.05, 0.1) is 18.8 Å². The van der Waals surface area contributed by atoms with Crippen LogP contribution in [0.5, 0.6) is 0 Å². The van der Waals surface area contributed by atoms with Crippen LogP contribution in [-0.2, 0) is 14.2 Å². The van der Waals surface area contributed by atoms with Crippen molar-refractivity contribution in [1.82, 2.24) is 0 Å². The van der Waals surface area contributed by atoms with Gasteiger partial charge in [-0.3, -0.25) is 0 Å². The smallest absolute Gasteiger partial charge is 0.184 e. The lowest BCUT2D eigenvalue weighted by Gasteiger charge is -2.35. The molecular weight excluding hydrogens is 260 g/mol. The number of rotatable bonds is 1. The van der Waals surface area contributed by atoms with Gasteiger partial charge in [0.1, 0.15) is 6.10 Å². The Bertz CT molecular complexity index is 478. The normalized spacial score (nSPS) is 47.0. The van der Waals surface area contributed by atoms with Crippen LogP contribution in [0.2, 0.25) is 0 Å². The Balaban J connectivity index is 1.50. The molecule has 3 fully saturated rings. The van der Waals surface area contributed by atoms with Crippen LogP contribution in [0, 0.1) is 11.8 Å². The number of benzene rings is 1. The number of aliphatic hydroxyl groups excluding tert-OH is 2. The largest absolute Gasteiger partial charge is 0.387 e. The minimum absolute atomic E-state index is 0.0195. The van der Waals surface area contributed by atoms with Crippen molar-refractivity contribution in [3.05, 3.63) is 35.9 Å². The number of fused-ring (bicyclic) bond motifs is 3. The molecule has 5 unspecified atom stereocenters. The summed E-state index contributed by atoms with van der Waals surface area (Å²) in [4.78, 5) is 0. The molecule has 20 heavy (non-hydrogen) atoms. The maximum absolute atomic E-state index is 10.0. The first-order valence-corrected chi connectivity index (χ1v) is 7.07. The molecule has 2 aliphatic heterocycles. The fourth-order valence-corrected chi connectivity index (χ4v) is 3.71. The third-order valence-electron chi connectivity index (χ3n) is 4.68. The van der Waals surface area contributed by atoms with Gasteiger partial charge in [0, 0.05) is 23.8 Å². The number of hydrogen-bond acceptors (Lipinski definition) is 5. The van der Waals surface area contributed by atoms with Crippen molar-refractivity contribution >= 4 is 0 Å². The summed E-state index contributed by atoms with van der Waals surface area (Å²) in [6.45, 7) is 0.526. The molecule has 1 aromatic carbocycles. The zero-order valence-corrected chi connectivity index (χ0v) is 11.0. The van der Waals surface area contributed by atoms with Crippen LogP contribution in [0.3, 0.4) is 0 Å². The fraction of sp³-hybridized carbons (Fsp3) is 0.600. The van der Waals surface area contributed by atoms with Gasteiger partial charge in [-0.2, -0.15) is 0 Å². The molecule has 5 nitrogen and oxygen atoms in total. The van der Waals surface area contributed by atoms with Gasteiger partial charge in [0.2, 0.25) is 0 Å². The Morgan fingerprint density at radius 3 is 2.60 bits per heavy atom. The maximum Gasteiger partial charge on any atom is 0.184 e. The number of aliphatic hydroxyl groups is 2. The highest BCUT2D eigenvalue weighted by molar-refractivity contribution is 5.17. The van der Waals surface area contributed by atoms with Crippen molar-refractivity contribution in [3.8, 4) is 0 Å². The predicted octanol–water partition coefficient (Wildman–Crippen LogP) is 0.815. The average Bonchev–Trinajstić information content (AvgIpc) is 2.96. The van der Waals surface area contributed by atoms with E-state index in [1.165, 1.54) is 0 Å². The first-order chi connectivity index (χ1) is 9.74. The molecule has 4 rings (SSSR count). The van der Waals surface area contributed by atoms with Gasteiger partial charge >= 0.3 is 0 Å². The van der Waals surface area contributed by atoms with E-state index in [0.717, 1.165) is 5.56 Å². The molecule has 1 aromatic rings. The van der Waals surface area contributed by atoms with E-state index in [4.69, 9.17) is 14.2 Å². The lowest BCUT2D eigenvalue weighted by atomic mass is 9.90. The highest BCUT2D eigenvalue weighted by Crippen LogP contribution is 2.48. The molecule has 2 heterocycles. The molecule has 108 valence electrons. The second kappa shape index (κ2) is 4.79. The molecule has 0 bridgehead atoms. The second-order valence-corrected chi connectivity index (χ2v) is 5.78. The molecular formula is C15H18O5. The summed E-state index contributed by atoms with van der Waals surface area (Å²) >= 11 is 0. The number of hydrogen-bond donors (Lipinski definition) is 2. The van der Waals surface area contributed by atoms with Crippen molar-refractivity contribution in [2.75, 3.05) is 6.61 Å². The molecule has 7 atom stereocenters. The van der Waals surface area contributed by atoms with E-state index in [-0.39, 0.29) is 30.3 Å². The summed E-state index contributed by atoms with van der Waals surface area (Å²) < 4.78 is 17.2. The van der Waals surface area contributed by atoms with Crippen molar-refractivity contribution < 1.29 is 24.4 Å². The fourth-order valence-electron chi connectivity index (χ4n) is 3.71. The maximum atomic E-state index is 10.0. The molecule has 2 saturated heterocycles. The quantitative estimate of drug-likeness (QED) is 0.796. The van der Waals surface area contributed by atoms with Crippen LogP contribution in [0.1, 0.15) is 18.3 Å². The molecule has 0 amide bonds. The van der Waals surface area contributed by atoms with E-state index in [2.05, 4.69) is 0 Å². The summed E-state index contributed by atoms with van der Waals surface area (Å²) in [5.41, 5.74) is 1.00. The molecule has 3 aliphatic rings. The Morgan fingerprint density at radius 1 is 1.00 bits per heavy atom. The lowest BCUT2D eigenvalue weighted by Crippen LogP contribution is -2.40. The van der Waals surface area contributed by atoms with Gasteiger partial charge in [0.15, 0.2) is 12.6 Å². The van der Waals surface area contributed by atoms with Crippen LogP contribution in [0.15, 0.2) is 30.3 Å². The molecule has 5 heteroatoms. The van der Waals surface area contributed by atoms with E-state index < -0.39 is 12.4 Å². The van der Waals surface area contributed by atoms with E-state index in [0.29, 0.717) is 13.0 Å². The Labute approximate surface area is 117 Å². The van der Waals surface area contributed by atoms with Crippen LogP contribution in [0.4, 0.5) is 0 Å². The van der Waals surface area contributed by atoms with Crippen molar-refractivity contribution in [2.24, 2.45) is 11.8 Å². The van der Waals surface area contributed by atoms with Gasteiger partial charge in [0.25, 0.3) is 0 Å². The summed E-state index contributed by atoms with van der Waals surface area (Å²) in [7, 11) is 0. The molecule has 0 radical (unpaired) electrons. The van der Waals surface area contributed by atoms with E-state index in [1.54, 1.807) is 0 Å². The Hall–Kier alpha value is -0.980. The molecule has 2 N–H and O–H groups in total. The van der Waals surface area contributed by atoms with Crippen LogP contribution >= 0.6 is 0 Å². The second-order valence-electron chi connectivity index (χ2n) is 5.78. The van der Waals surface area contributed by atoms with E-state index in [1.807, 2.05) is 30.3 Å². The van der Waals surface area contributed by atoms with Crippen LogP contribution in [0.25, 0.3) is 0 Å². The van der Waals surface area contributed by atoms with Crippen LogP contribution in [-0.4, -0.2) is 41.4 Å². The Kier molecular flexibility index (Phi) is 3.05. The van der Waals surface area contributed by atoms with Gasteiger partial charge in [-0.15, -0.1) is 0 Å². The van der Waals surface area contributed by atoms with Crippen molar-refractivity contribution in [2.45, 2.75) is 37.3 Å². The van der Waals surface area contributed by atoms with Gasteiger partial charge in [-0.25, -0.2) is 0 Å². The Morgan fingerprint density at radius 2 is 1.80 bits per heavy atom. The first-order valence-electron chi connectivity index (χ1n) is 7.07. The van der Waals surface area contributed by atoms with E-state index >= 15 is 0 Å². The summed E-state index contributed by atoms with van der Waals surface area (Å²) in [5, 5.41) is 19.6.